The zero-order chi connectivity index (χ0) is 25.6. The third kappa shape index (κ3) is 3.62. The third-order valence-corrected chi connectivity index (χ3v) is 11.1. The summed E-state index contributed by atoms with van der Waals surface area (Å²) in [5, 5.41) is 9.85. The van der Waals surface area contributed by atoms with Crippen molar-refractivity contribution in [2.45, 2.75) is 63.5 Å². The predicted molar refractivity (Wildman–Crippen MR) is 161 cm³/mol. The molecule has 0 atom stereocenters. The van der Waals surface area contributed by atoms with Gasteiger partial charge in [-0.3, -0.25) is 0 Å². The summed E-state index contributed by atoms with van der Waals surface area (Å²) in [5.41, 5.74) is 5.89. The Balaban J connectivity index is 1.78. The SMILES string of the molecule is Cc1c2c(c(CC(C)(C)C)c3ccccc13)Sc1c3ccc([Si](C)(C)C)cc3cc3cc[n+](C)c-2c13. The molecular formula is C33H36NSSi+. The van der Waals surface area contributed by atoms with Gasteiger partial charge in [-0.1, -0.05) is 99.8 Å². The predicted octanol–water partition coefficient (Wildman–Crippen LogP) is 8.54. The quantitative estimate of drug-likeness (QED) is 0.129. The Morgan fingerprint density at radius 3 is 2.25 bits per heavy atom. The van der Waals surface area contributed by atoms with Crippen LogP contribution in [0.3, 0.4) is 0 Å². The first kappa shape index (κ1) is 23.8. The highest BCUT2D eigenvalue weighted by molar-refractivity contribution is 8.00. The minimum absolute atomic E-state index is 0.200. The standard InChI is InChI=1S/C33H36NSSi/c1-20-24-11-9-10-12-26(24)27(19-33(2,3)4)32-28(20)30-29-21(15-16-34(30)5)17-22-18-23(36(6,7)8)13-14-25(22)31(29)35-32/h9-18H,19H2,1-8H3/q+1. The minimum atomic E-state index is -1.39. The van der Waals surface area contributed by atoms with E-state index in [0.29, 0.717) is 0 Å². The van der Waals surface area contributed by atoms with E-state index in [2.05, 4.69) is 120 Å². The number of hydrogen-bond acceptors (Lipinski definition) is 1. The molecule has 0 fully saturated rings. The molecule has 3 heteroatoms. The van der Waals surface area contributed by atoms with E-state index < -0.39 is 8.07 Å². The minimum Gasteiger partial charge on any atom is -0.200 e. The van der Waals surface area contributed by atoms with Gasteiger partial charge in [-0.25, -0.2) is 4.57 Å². The van der Waals surface area contributed by atoms with E-state index in [1.165, 1.54) is 69.7 Å². The van der Waals surface area contributed by atoms with Crippen molar-refractivity contribution in [1.82, 2.24) is 0 Å². The lowest BCUT2D eigenvalue weighted by atomic mass is 9.83. The fraction of sp³-hybridized carbons (Fsp3) is 0.303. The van der Waals surface area contributed by atoms with E-state index in [4.69, 9.17) is 0 Å². The van der Waals surface area contributed by atoms with E-state index in [1.54, 1.807) is 0 Å². The molecule has 0 spiro atoms. The molecule has 5 aromatic rings. The van der Waals surface area contributed by atoms with E-state index in [1.807, 2.05) is 11.8 Å². The monoisotopic (exact) mass is 506 g/mol. The van der Waals surface area contributed by atoms with Gasteiger partial charge < -0.3 is 0 Å². The number of hydrogen-bond donors (Lipinski definition) is 0. The smallest absolute Gasteiger partial charge is 0.200 e. The second-order valence-electron chi connectivity index (χ2n) is 12.8. The lowest BCUT2D eigenvalue weighted by Gasteiger charge is -2.28. The Morgan fingerprint density at radius 2 is 1.56 bits per heavy atom. The molecule has 0 amide bonds. The topological polar surface area (TPSA) is 3.88 Å². The fourth-order valence-corrected chi connectivity index (χ4v) is 8.59. The first-order valence-corrected chi connectivity index (χ1v) is 17.4. The van der Waals surface area contributed by atoms with Gasteiger partial charge in [-0.15, -0.1) is 0 Å². The lowest BCUT2D eigenvalue weighted by Crippen LogP contribution is -2.37. The van der Waals surface area contributed by atoms with Gasteiger partial charge in [0.05, 0.1) is 19.0 Å². The zero-order valence-corrected chi connectivity index (χ0v) is 24.7. The maximum atomic E-state index is 2.47. The van der Waals surface area contributed by atoms with Gasteiger partial charge in [0.1, 0.15) is 7.05 Å². The van der Waals surface area contributed by atoms with E-state index >= 15 is 0 Å². The maximum absolute atomic E-state index is 2.47. The van der Waals surface area contributed by atoms with Gasteiger partial charge in [0, 0.05) is 15.9 Å². The number of pyridine rings is 1. The second-order valence-corrected chi connectivity index (χ2v) is 18.9. The highest BCUT2D eigenvalue weighted by Crippen LogP contribution is 2.54. The summed E-state index contributed by atoms with van der Waals surface area (Å²) in [6.45, 7) is 16.7. The average Bonchev–Trinajstić information content (AvgIpc) is 2.81. The molecule has 1 aliphatic heterocycles. The van der Waals surface area contributed by atoms with Crippen molar-refractivity contribution in [3.05, 3.63) is 71.9 Å². The third-order valence-electron chi connectivity index (χ3n) is 7.74. The van der Waals surface area contributed by atoms with Crippen LogP contribution in [-0.2, 0) is 13.5 Å². The van der Waals surface area contributed by atoms with Crippen LogP contribution in [0.5, 0.6) is 0 Å². The van der Waals surface area contributed by atoms with Crippen LogP contribution in [0, 0.1) is 12.3 Å². The molecule has 0 bridgehead atoms. The second kappa shape index (κ2) is 7.94. The molecule has 1 nitrogen and oxygen atoms in total. The summed E-state index contributed by atoms with van der Waals surface area (Å²) in [6.07, 6.45) is 3.32. The van der Waals surface area contributed by atoms with Crippen molar-refractivity contribution in [3.63, 3.8) is 0 Å². The molecule has 2 heterocycles. The van der Waals surface area contributed by atoms with Crippen molar-refractivity contribution in [2.24, 2.45) is 12.5 Å². The van der Waals surface area contributed by atoms with Crippen molar-refractivity contribution in [2.75, 3.05) is 0 Å². The van der Waals surface area contributed by atoms with Crippen LogP contribution in [0.4, 0.5) is 0 Å². The summed E-state index contributed by atoms with van der Waals surface area (Å²) >= 11 is 2.02. The van der Waals surface area contributed by atoms with Gasteiger partial charge in [-0.05, 0) is 62.9 Å². The molecule has 6 rings (SSSR count). The van der Waals surface area contributed by atoms with Crippen LogP contribution in [0.2, 0.25) is 19.6 Å². The normalized spacial score (nSPS) is 13.6. The van der Waals surface area contributed by atoms with Crippen molar-refractivity contribution in [3.8, 4) is 11.3 Å². The van der Waals surface area contributed by atoms with Gasteiger partial charge in [0.25, 0.3) is 0 Å². The highest BCUT2D eigenvalue weighted by atomic mass is 32.2. The van der Waals surface area contributed by atoms with Gasteiger partial charge in [0.15, 0.2) is 6.20 Å². The highest BCUT2D eigenvalue weighted by Gasteiger charge is 2.33. The van der Waals surface area contributed by atoms with Crippen LogP contribution in [0.25, 0.3) is 43.6 Å². The molecule has 0 saturated carbocycles. The summed E-state index contributed by atoms with van der Waals surface area (Å²) < 4.78 is 2.36. The summed E-state index contributed by atoms with van der Waals surface area (Å²) in [4.78, 5) is 2.88. The summed E-state index contributed by atoms with van der Waals surface area (Å²) in [5.74, 6) is 0. The van der Waals surface area contributed by atoms with Crippen LogP contribution in [0.15, 0.2) is 70.6 Å². The van der Waals surface area contributed by atoms with Crippen molar-refractivity contribution >= 4 is 57.3 Å². The van der Waals surface area contributed by atoms with Crippen LogP contribution < -0.4 is 9.75 Å². The molecule has 1 aliphatic rings. The molecule has 0 saturated heterocycles. The van der Waals surface area contributed by atoms with Gasteiger partial charge in [-0.2, -0.15) is 0 Å². The molecule has 182 valence electrons. The Morgan fingerprint density at radius 1 is 0.833 bits per heavy atom. The molecule has 0 aliphatic carbocycles. The summed E-state index contributed by atoms with van der Waals surface area (Å²) in [6, 6.07) is 21.1. The van der Waals surface area contributed by atoms with Crippen molar-refractivity contribution in [1.29, 1.82) is 0 Å². The Labute approximate surface area is 220 Å². The van der Waals surface area contributed by atoms with Crippen LogP contribution in [0.1, 0.15) is 31.9 Å². The maximum Gasteiger partial charge on any atom is 0.222 e. The first-order chi connectivity index (χ1) is 16.9. The van der Waals surface area contributed by atoms with E-state index in [0.717, 1.165) is 6.42 Å². The number of fused-ring (bicyclic) bond motifs is 5. The number of aromatic nitrogens is 1. The number of benzene rings is 4. The van der Waals surface area contributed by atoms with Gasteiger partial charge >= 0.3 is 0 Å². The lowest BCUT2D eigenvalue weighted by molar-refractivity contribution is -0.659. The Hall–Kier alpha value is -2.62. The zero-order valence-electron chi connectivity index (χ0n) is 22.8. The van der Waals surface area contributed by atoms with E-state index in [-0.39, 0.29) is 5.41 Å². The molecule has 0 unspecified atom stereocenters. The van der Waals surface area contributed by atoms with E-state index in [9.17, 15) is 0 Å². The molecule has 4 aromatic carbocycles. The molecule has 1 aromatic heterocycles. The van der Waals surface area contributed by atoms with Crippen LogP contribution >= 0.6 is 11.8 Å². The summed E-state index contributed by atoms with van der Waals surface area (Å²) in [7, 11) is 0.823. The average molecular weight is 507 g/mol. The molecule has 0 radical (unpaired) electrons. The molecular weight excluding hydrogens is 471 g/mol. The largest absolute Gasteiger partial charge is 0.222 e. The number of rotatable bonds is 2. The van der Waals surface area contributed by atoms with Gasteiger partial charge in [0.2, 0.25) is 5.69 Å². The Bertz CT molecular complexity index is 1720. The van der Waals surface area contributed by atoms with Crippen molar-refractivity contribution < 1.29 is 4.57 Å². The molecule has 0 N–H and O–H groups in total. The fourth-order valence-electron chi connectivity index (χ4n) is 5.94. The Kier molecular flexibility index (Phi) is 5.24. The molecule has 36 heavy (non-hydrogen) atoms. The van der Waals surface area contributed by atoms with Crippen LogP contribution in [-0.4, -0.2) is 8.07 Å². The number of aryl methyl sites for hydroxylation is 2. The number of nitrogens with zero attached hydrogens (tertiary/aromatic N) is 1. The first-order valence-electron chi connectivity index (χ1n) is 13.1.